The summed E-state index contributed by atoms with van der Waals surface area (Å²) in [6.45, 7) is 9.05. The molecule has 0 saturated heterocycles. The molecular weight excluding hydrogens is 319 g/mol. The van der Waals surface area contributed by atoms with E-state index >= 15 is 0 Å². The molecule has 140 valence electrons. The second-order valence-electron chi connectivity index (χ2n) is 5.99. The minimum absolute atomic E-state index is 0.119. The molecule has 0 aliphatic heterocycles. The number of carbonyl (C=O) groups excluding carboxylic acids is 1. The normalized spacial score (nSPS) is 11.5. The Kier molecular flexibility index (Phi) is 10.3. The van der Waals surface area contributed by atoms with E-state index in [0.717, 1.165) is 31.9 Å². The minimum atomic E-state index is -0.323. The Labute approximate surface area is 150 Å². The van der Waals surface area contributed by atoms with Crippen LogP contribution in [0.5, 0.6) is 0 Å². The van der Waals surface area contributed by atoms with Gasteiger partial charge in [-0.2, -0.15) is 0 Å². The molecule has 0 bridgehead atoms. The summed E-state index contributed by atoms with van der Waals surface area (Å²) in [5.74, 6) is 0.928. The lowest BCUT2D eigenvalue weighted by molar-refractivity contribution is -0.120. The van der Waals surface area contributed by atoms with Crippen molar-refractivity contribution in [3.8, 4) is 0 Å². The molecule has 5 nitrogen and oxygen atoms in total. The zero-order chi connectivity index (χ0) is 18.5. The van der Waals surface area contributed by atoms with Gasteiger partial charge < -0.3 is 16.0 Å². The van der Waals surface area contributed by atoms with Crippen molar-refractivity contribution < 1.29 is 9.18 Å². The molecule has 25 heavy (non-hydrogen) atoms. The van der Waals surface area contributed by atoms with Gasteiger partial charge in [0, 0.05) is 26.2 Å². The van der Waals surface area contributed by atoms with Crippen LogP contribution in [0.2, 0.25) is 0 Å². The van der Waals surface area contributed by atoms with Crippen molar-refractivity contribution in [3.05, 3.63) is 35.6 Å². The third-order valence-corrected chi connectivity index (χ3v) is 4.00. The van der Waals surface area contributed by atoms with E-state index in [1.54, 1.807) is 12.1 Å². The van der Waals surface area contributed by atoms with E-state index in [0.29, 0.717) is 24.6 Å². The van der Waals surface area contributed by atoms with Crippen molar-refractivity contribution in [2.45, 2.75) is 40.0 Å². The number of aliphatic imine (C=N–C) groups is 1. The zero-order valence-corrected chi connectivity index (χ0v) is 15.6. The highest BCUT2D eigenvalue weighted by molar-refractivity contribution is 5.80. The molecular formula is C19H31FN4O. The van der Waals surface area contributed by atoms with Gasteiger partial charge in [-0.1, -0.05) is 38.8 Å². The number of halogens is 1. The highest BCUT2D eigenvalue weighted by atomic mass is 19.1. The molecule has 3 N–H and O–H groups in total. The van der Waals surface area contributed by atoms with Crippen LogP contribution in [0.25, 0.3) is 0 Å². The molecule has 0 fully saturated rings. The first-order valence-corrected chi connectivity index (χ1v) is 9.12. The van der Waals surface area contributed by atoms with Crippen molar-refractivity contribution in [1.82, 2.24) is 16.0 Å². The van der Waals surface area contributed by atoms with Crippen molar-refractivity contribution in [3.63, 3.8) is 0 Å². The standard InChI is InChI=1S/C19H31FN4O/c1-4-15(5-2)14-24-19(21-6-3)23-11-10-22-18(25)13-16-8-7-9-17(20)12-16/h7-9,12,15H,4-6,10-11,13-14H2,1-3H3,(H,22,25)(H2,21,23,24). The van der Waals surface area contributed by atoms with Crippen LogP contribution >= 0.6 is 0 Å². The van der Waals surface area contributed by atoms with Crippen LogP contribution in [0.3, 0.4) is 0 Å². The highest BCUT2D eigenvalue weighted by Crippen LogP contribution is 2.07. The Bertz CT molecular complexity index is 544. The van der Waals surface area contributed by atoms with E-state index in [1.165, 1.54) is 12.1 Å². The van der Waals surface area contributed by atoms with Gasteiger partial charge in [-0.3, -0.25) is 9.79 Å². The van der Waals surface area contributed by atoms with Crippen LogP contribution in [0, 0.1) is 11.7 Å². The van der Waals surface area contributed by atoms with Crippen LogP contribution in [0.4, 0.5) is 4.39 Å². The maximum Gasteiger partial charge on any atom is 0.224 e. The van der Waals surface area contributed by atoms with Crippen LogP contribution in [0.1, 0.15) is 39.2 Å². The second kappa shape index (κ2) is 12.3. The van der Waals surface area contributed by atoms with Crippen LogP contribution < -0.4 is 16.0 Å². The molecule has 0 aliphatic rings. The third-order valence-electron chi connectivity index (χ3n) is 4.00. The fourth-order valence-corrected chi connectivity index (χ4v) is 2.39. The summed E-state index contributed by atoms with van der Waals surface area (Å²) >= 11 is 0. The van der Waals surface area contributed by atoms with Crippen molar-refractivity contribution >= 4 is 11.9 Å². The molecule has 6 heteroatoms. The fourth-order valence-electron chi connectivity index (χ4n) is 2.39. The predicted octanol–water partition coefficient (Wildman–Crippen LogP) is 2.48. The Morgan fingerprint density at radius 2 is 1.84 bits per heavy atom. The summed E-state index contributed by atoms with van der Waals surface area (Å²) in [7, 11) is 0. The molecule has 0 unspecified atom stereocenters. The second-order valence-corrected chi connectivity index (χ2v) is 5.99. The van der Waals surface area contributed by atoms with Crippen LogP contribution in [-0.4, -0.2) is 38.0 Å². The van der Waals surface area contributed by atoms with E-state index in [2.05, 4.69) is 34.8 Å². The number of nitrogens with one attached hydrogen (secondary N) is 3. The van der Waals surface area contributed by atoms with Crippen molar-refractivity contribution in [2.75, 3.05) is 26.2 Å². The molecule has 0 aromatic heterocycles. The average molecular weight is 350 g/mol. The number of carbonyl (C=O) groups is 1. The lowest BCUT2D eigenvalue weighted by Gasteiger charge is -2.14. The lowest BCUT2D eigenvalue weighted by atomic mass is 10.0. The molecule has 0 spiro atoms. The molecule has 1 rings (SSSR count). The molecule has 0 saturated carbocycles. The van der Waals surface area contributed by atoms with Gasteiger partial charge in [0.25, 0.3) is 0 Å². The molecule has 0 heterocycles. The Balaban J connectivity index is 2.33. The third kappa shape index (κ3) is 9.08. The predicted molar refractivity (Wildman–Crippen MR) is 101 cm³/mol. The molecule has 1 amide bonds. The number of guanidine groups is 1. The van der Waals surface area contributed by atoms with Gasteiger partial charge in [-0.05, 0) is 30.5 Å². The smallest absolute Gasteiger partial charge is 0.224 e. The average Bonchev–Trinajstić information content (AvgIpc) is 2.59. The summed E-state index contributed by atoms with van der Waals surface area (Å²) in [6, 6.07) is 6.10. The molecule has 1 aromatic rings. The van der Waals surface area contributed by atoms with Crippen LogP contribution in [0.15, 0.2) is 29.3 Å². The SMILES string of the molecule is CCNC(=NCC(CC)CC)NCCNC(=O)Cc1cccc(F)c1. The van der Waals surface area contributed by atoms with Gasteiger partial charge in [0.2, 0.25) is 5.91 Å². The van der Waals surface area contributed by atoms with E-state index in [1.807, 2.05) is 6.92 Å². The maximum absolute atomic E-state index is 13.1. The Morgan fingerprint density at radius 1 is 1.12 bits per heavy atom. The molecule has 1 aromatic carbocycles. The molecule has 0 radical (unpaired) electrons. The number of benzene rings is 1. The largest absolute Gasteiger partial charge is 0.357 e. The summed E-state index contributed by atoms with van der Waals surface area (Å²) in [6.07, 6.45) is 2.42. The van der Waals surface area contributed by atoms with Gasteiger partial charge in [-0.25, -0.2) is 4.39 Å². The number of rotatable bonds is 10. The minimum Gasteiger partial charge on any atom is -0.357 e. The number of hydrogen-bond acceptors (Lipinski definition) is 2. The first-order valence-electron chi connectivity index (χ1n) is 9.12. The van der Waals surface area contributed by atoms with E-state index in [-0.39, 0.29) is 18.1 Å². The fraction of sp³-hybridized carbons (Fsp3) is 0.579. The van der Waals surface area contributed by atoms with Crippen LogP contribution in [-0.2, 0) is 11.2 Å². The van der Waals surface area contributed by atoms with Crippen molar-refractivity contribution in [1.29, 1.82) is 0 Å². The lowest BCUT2D eigenvalue weighted by Crippen LogP contribution is -2.42. The van der Waals surface area contributed by atoms with Gasteiger partial charge >= 0.3 is 0 Å². The van der Waals surface area contributed by atoms with Gasteiger partial charge in [-0.15, -0.1) is 0 Å². The topological polar surface area (TPSA) is 65.5 Å². The first kappa shape index (κ1) is 20.9. The molecule has 0 atom stereocenters. The van der Waals surface area contributed by atoms with Gasteiger partial charge in [0.05, 0.1) is 6.42 Å². The monoisotopic (exact) mass is 350 g/mol. The number of amides is 1. The summed E-state index contributed by atoms with van der Waals surface area (Å²) < 4.78 is 13.1. The summed E-state index contributed by atoms with van der Waals surface area (Å²) in [4.78, 5) is 16.5. The summed E-state index contributed by atoms with van der Waals surface area (Å²) in [5, 5.41) is 9.25. The zero-order valence-electron chi connectivity index (χ0n) is 15.6. The van der Waals surface area contributed by atoms with E-state index < -0.39 is 0 Å². The van der Waals surface area contributed by atoms with Crippen molar-refractivity contribution in [2.24, 2.45) is 10.9 Å². The Hall–Kier alpha value is -2.11. The quantitative estimate of drug-likeness (QED) is 0.345. The number of hydrogen-bond donors (Lipinski definition) is 3. The number of nitrogens with zero attached hydrogens (tertiary/aromatic N) is 1. The van der Waals surface area contributed by atoms with E-state index in [4.69, 9.17) is 0 Å². The maximum atomic E-state index is 13.1. The Morgan fingerprint density at radius 3 is 2.48 bits per heavy atom. The van der Waals surface area contributed by atoms with Gasteiger partial charge in [0.1, 0.15) is 5.82 Å². The molecule has 0 aliphatic carbocycles. The first-order chi connectivity index (χ1) is 12.1. The highest BCUT2D eigenvalue weighted by Gasteiger charge is 2.05. The summed E-state index contributed by atoms with van der Waals surface area (Å²) in [5.41, 5.74) is 0.672. The van der Waals surface area contributed by atoms with E-state index in [9.17, 15) is 9.18 Å². The van der Waals surface area contributed by atoms with Gasteiger partial charge in [0.15, 0.2) is 5.96 Å².